The molecule has 0 aromatic heterocycles. The Kier molecular flexibility index (Phi) is 4.38. The number of hydrogen-bond donors (Lipinski definition) is 4. The molecule has 88 valence electrons. The summed E-state index contributed by atoms with van der Waals surface area (Å²) in [6, 6.07) is -0.303. The maximum atomic E-state index is 9.82. The van der Waals surface area contributed by atoms with Crippen molar-refractivity contribution in [3.63, 3.8) is 0 Å². The lowest BCUT2D eigenvalue weighted by Crippen LogP contribution is -2.57. The van der Waals surface area contributed by atoms with Crippen molar-refractivity contribution in [2.45, 2.75) is 44.6 Å². The Morgan fingerprint density at radius 2 is 2.20 bits per heavy atom. The monoisotopic (exact) mass is 216 g/mol. The summed E-state index contributed by atoms with van der Waals surface area (Å²) in [6.45, 7) is 4.09. The quantitative estimate of drug-likeness (QED) is 0.501. The third-order valence-corrected chi connectivity index (χ3v) is 2.70. The first-order valence-electron chi connectivity index (χ1n) is 5.23. The fraction of sp³-hybridized carbons (Fsp3) is 0.800. The molecule has 5 nitrogen and oxygen atoms in total. The van der Waals surface area contributed by atoms with Crippen molar-refractivity contribution in [3.05, 3.63) is 11.9 Å². The normalized spacial score (nSPS) is 37.7. The minimum absolute atomic E-state index is 0.278. The first-order chi connectivity index (χ1) is 7.10. The van der Waals surface area contributed by atoms with Crippen molar-refractivity contribution >= 4 is 0 Å². The van der Waals surface area contributed by atoms with Crippen LogP contribution in [0.3, 0.4) is 0 Å². The van der Waals surface area contributed by atoms with Crippen molar-refractivity contribution in [2.75, 3.05) is 6.61 Å². The minimum atomic E-state index is -0.841. The van der Waals surface area contributed by atoms with E-state index in [4.69, 9.17) is 10.5 Å². The Morgan fingerprint density at radius 1 is 1.53 bits per heavy atom. The molecule has 0 radical (unpaired) electrons. The zero-order valence-corrected chi connectivity index (χ0v) is 9.18. The average molecular weight is 216 g/mol. The van der Waals surface area contributed by atoms with Crippen molar-refractivity contribution in [3.8, 4) is 0 Å². The maximum absolute atomic E-state index is 9.82. The van der Waals surface area contributed by atoms with E-state index < -0.39 is 12.2 Å². The van der Waals surface area contributed by atoms with Gasteiger partial charge in [-0.15, -0.1) is 0 Å². The molecule has 0 spiro atoms. The summed E-state index contributed by atoms with van der Waals surface area (Å²) in [5, 5.41) is 22.5. The van der Waals surface area contributed by atoms with Crippen LogP contribution < -0.4 is 11.1 Å². The van der Waals surface area contributed by atoms with Gasteiger partial charge in [-0.3, -0.25) is 0 Å². The second kappa shape index (κ2) is 5.34. The molecule has 1 saturated heterocycles. The fourth-order valence-corrected chi connectivity index (χ4v) is 1.71. The van der Waals surface area contributed by atoms with Crippen LogP contribution in [0.2, 0.25) is 0 Å². The number of allylic oxidation sites excluding steroid dienone is 1. The molecule has 0 unspecified atom stereocenters. The molecule has 1 aliphatic rings. The van der Waals surface area contributed by atoms with Crippen LogP contribution in [0.1, 0.15) is 20.3 Å². The zero-order valence-electron chi connectivity index (χ0n) is 9.18. The highest BCUT2D eigenvalue weighted by Crippen LogP contribution is 2.18. The standard InChI is InChI=1S/C10H20N2O3/c1-3-8-10(14)9(13)7(5-15-8)12-6(2)4-11/h4,7-10,12-14H,3,5,11H2,1-2H3/b6-4+/t7-,8+,9+,10-/m0/s1. The number of aliphatic hydroxyl groups is 2. The Hall–Kier alpha value is -0.780. The topological polar surface area (TPSA) is 87.7 Å². The number of nitrogens with two attached hydrogens (primary N) is 1. The van der Waals surface area contributed by atoms with Gasteiger partial charge >= 0.3 is 0 Å². The largest absolute Gasteiger partial charge is 0.403 e. The number of hydrogen-bond acceptors (Lipinski definition) is 5. The van der Waals surface area contributed by atoms with Crippen molar-refractivity contribution in [1.82, 2.24) is 5.32 Å². The van der Waals surface area contributed by atoms with Gasteiger partial charge < -0.3 is 26.0 Å². The summed E-state index contributed by atoms with van der Waals surface area (Å²) < 4.78 is 5.43. The van der Waals surface area contributed by atoms with Gasteiger partial charge in [-0.2, -0.15) is 0 Å². The van der Waals surface area contributed by atoms with Crippen LogP contribution >= 0.6 is 0 Å². The number of rotatable bonds is 3. The van der Waals surface area contributed by atoms with E-state index in [2.05, 4.69) is 5.32 Å². The molecule has 5 heteroatoms. The smallest absolute Gasteiger partial charge is 0.108 e. The number of ether oxygens (including phenoxy) is 1. The summed E-state index contributed by atoms with van der Waals surface area (Å²) >= 11 is 0. The van der Waals surface area contributed by atoms with Crippen LogP contribution in [0, 0.1) is 0 Å². The van der Waals surface area contributed by atoms with Crippen LogP contribution in [-0.4, -0.2) is 41.2 Å². The van der Waals surface area contributed by atoms with E-state index in [1.54, 1.807) is 6.92 Å². The van der Waals surface area contributed by atoms with Crippen LogP contribution in [0.5, 0.6) is 0 Å². The minimum Gasteiger partial charge on any atom is -0.403 e. The lowest BCUT2D eigenvalue weighted by molar-refractivity contribution is -0.149. The molecule has 0 aromatic rings. The molecule has 1 heterocycles. The van der Waals surface area contributed by atoms with Crippen LogP contribution in [-0.2, 0) is 4.74 Å². The maximum Gasteiger partial charge on any atom is 0.108 e. The van der Waals surface area contributed by atoms with E-state index >= 15 is 0 Å². The van der Waals surface area contributed by atoms with Gasteiger partial charge in [0.2, 0.25) is 0 Å². The molecular formula is C10H20N2O3. The lowest BCUT2D eigenvalue weighted by Gasteiger charge is -2.38. The number of aliphatic hydroxyl groups excluding tert-OH is 2. The molecule has 4 atom stereocenters. The summed E-state index contributed by atoms with van der Waals surface area (Å²) in [4.78, 5) is 0. The predicted molar refractivity (Wildman–Crippen MR) is 56.9 cm³/mol. The molecule has 0 amide bonds. The van der Waals surface area contributed by atoms with Crippen molar-refractivity contribution in [1.29, 1.82) is 0 Å². The van der Waals surface area contributed by atoms with Gasteiger partial charge in [0, 0.05) is 11.9 Å². The molecule has 5 N–H and O–H groups in total. The van der Waals surface area contributed by atoms with Gasteiger partial charge in [-0.05, 0) is 13.3 Å². The molecule has 1 aliphatic heterocycles. The Morgan fingerprint density at radius 3 is 2.73 bits per heavy atom. The first kappa shape index (κ1) is 12.3. The van der Waals surface area contributed by atoms with Gasteiger partial charge in [0.15, 0.2) is 0 Å². The molecule has 1 fully saturated rings. The van der Waals surface area contributed by atoms with Gasteiger partial charge in [0.1, 0.15) is 12.2 Å². The second-order valence-electron chi connectivity index (χ2n) is 3.86. The van der Waals surface area contributed by atoms with Crippen molar-refractivity contribution in [2.24, 2.45) is 5.73 Å². The number of nitrogens with one attached hydrogen (secondary N) is 1. The Bertz CT molecular complexity index is 233. The summed E-state index contributed by atoms with van der Waals surface area (Å²) in [6.07, 6.45) is 0.174. The summed E-state index contributed by atoms with van der Waals surface area (Å²) in [5.41, 5.74) is 6.07. The fourth-order valence-electron chi connectivity index (χ4n) is 1.71. The molecule has 0 bridgehead atoms. The molecule has 0 aromatic carbocycles. The third-order valence-electron chi connectivity index (χ3n) is 2.70. The van der Waals surface area contributed by atoms with Crippen LogP contribution in [0.25, 0.3) is 0 Å². The highest BCUT2D eigenvalue weighted by molar-refractivity contribution is 4.99. The van der Waals surface area contributed by atoms with Gasteiger partial charge in [0.25, 0.3) is 0 Å². The van der Waals surface area contributed by atoms with E-state index in [1.165, 1.54) is 6.20 Å². The molecular weight excluding hydrogens is 196 g/mol. The van der Waals surface area contributed by atoms with E-state index in [9.17, 15) is 10.2 Å². The molecule has 0 saturated carbocycles. The molecule has 15 heavy (non-hydrogen) atoms. The van der Waals surface area contributed by atoms with E-state index in [1.807, 2.05) is 6.92 Å². The van der Waals surface area contributed by atoms with E-state index in [0.717, 1.165) is 5.70 Å². The second-order valence-corrected chi connectivity index (χ2v) is 3.86. The average Bonchev–Trinajstić information content (AvgIpc) is 2.25. The zero-order chi connectivity index (χ0) is 11.4. The highest BCUT2D eigenvalue weighted by Gasteiger charge is 2.37. The first-order valence-corrected chi connectivity index (χ1v) is 5.23. The highest BCUT2D eigenvalue weighted by atomic mass is 16.5. The van der Waals surface area contributed by atoms with Crippen LogP contribution in [0.15, 0.2) is 11.9 Å². The van der Waals surface area contributed by atoms with E-state index in [-0.39, 0.29) is 12.1 Å². The summed E-state index contributed by atoms with van der Waals surface area (Å²) in [7, 11) is 0. The van der Waals surface area contributed by atoms with Crippen LogP contribution in [0.4, 0.5) is 0 Å². The van der Waals surface area contributed by atoms with Gasteiger partial charge in [0.05, 0.1) is 18.8 Å². The Labute approximate surface area is 89.9 Å². The Balaban J connectivity index is 2.56. The third kappa shape index (κ3) is 2.84. The van der Waals surface area contributed by atoms with Gasteiger partial charge in [-0.25, -0.2) is 0 Å². The summed E-state index contributed by atoms with van der Waals surface area (Å²) in [5.74, 6) is 0. The lowest BCUT2D eigenvalue weighted by atomic mass is 9.96. The SMILES string of the molecule is CC[C@H]1OC[C@H](N/C(C)=C/N)[C@@H](O)[C@H]1O. The van der Waals surface area contributed by atoms with Crippen molar-refractivity contribution < 1.29 is 14.9 Å². The molecule has 0 aliphatic carbocycles. The van der Waals surface area contributed by atoms with E-state index in [0.29, 0.717) is 13.0 Å². The predicted octanol–water partition coefficient (Wildman–Crippen LogP) is -0.705. The molecule has 1 rings (SSSR count). The van der Waals surface area contributed by atoms with Gasteiger partial charge in [-0.1, -0.05) is 6.92 Å².